The minimum absolute atomic E-state index is 0.107. The quantitative estimate of drug-likeness (QED) is 0.0222. The average Bonchev–Trinajstić information content (AvgIpc) is 0.898. The number of rotatable bonds is 87. The van der Waals surface area contributed by atoms with Gasteiger partial charge in [-0.15, -0.1) is 0 Å². The van der Waals surface area contributed by atoms with E-state index in [-0.39, 0.29) is 25.7 Å². The van der Waals surface area contributed by atoms with Crippen molar-refractivity contribution in [2.75, 3.05) is 39.6 Å². The molecular formula is C89H174O17P2. The lowest BCUT2D eigenvalue weighted by Gasteiger charge is -2.21. The molecule has 3 N–H and O–H groups in total. The van der Waals surface area contributed by atoms with Crippen molar-refractivity contribution in [2.24, 2.45) is 17.8 Å². The van der Waals surface area contributed by atoms with Crippen LogP contribution in [-0.4, -0.2) is 96.7 Å². The van der Waals surface area contributed by atoms with Gasteiger partial charge in [0.15, 0.2) is 12.2 Å². The molecule has 0 aromatic heterocycles. The van der Waals surface area contributed by atoms with E-state index in [0.29, 0.717) is 31.6 Å². The van der Waals surface area contributed by atoms with Crippen molar-refractivity contribution in [3.63, 3.8) is 0 Å². The van der Waals surface area contributed by atoms with E-state index in [1.807, 2.05) is 0 Å². The van der Waals surface area contributed by atoms with Gasteiger partial charge in [-0.05, 0) is 43.4 Å². The smallest absolute Gasteiger partial charge is 0.462 e. The number of ether oxygens (including phenoxy) is 4. The molecule has 0 rings (SSSR count). The lowest BCUT2D eigenvalue weighted by molar-refractivity contribution is -0.161. The Balaban J connectivity index is 5.22. The summed E-state index contributed by atoms with van der Waals surface area (Å²) in [6.07, 6.45) is 71.1. The van der Waals surface area contributed by atoms with Crippen LogP contribution in [-0.2, 0) is 65.4 Å². The minimum atomic E-state index is -4.97. The Morgan fingerprint density at radius 3 is 0.630 bits per heavy atom. The number of phosphoric acid groups is 2. The van der Waals surface area contributed by atoms with Crippen LogP contribution in [0, 0.1) is 17.8 Å². The maximum atomic E-state index is 13.2. The van der Waals surface area contributed by atoms with E-state index in [1.165, 1.54) is 276 Å². The predicted octanol–water partition coefficient (Wildman–Crippen LogP) is 27.3. The van der Waals surface area contributed by atoms with Crippen LogP contribution >= 0.6 is 15.6 Å². The van der Waals surface area contributed by atoms with Gasteiger partial charge in [0, 0.05) is 25.7 Å². The van der Waals surface area contributed by atoms with Crippen LogP contribution < -0.4 is 0 Å². The molecule has 0 aromatic rings. The van der Waals surface area contributed by atoms with Crippen LogP contribution in [0.15, 0.2) is 0 Å². The summed E-state index contributed by atoms with van der Waals surface area (Å²) in [6, 6.07) is 0. The number of unbranched alkanes of at least 4 members (excludes halogenated alkanes) is 55. The molecule has 108 heavy (non-hydrogen) atoms. The number of phosphoric ester groups is 2. The Morgan fingerprint density at radius 1 is 0.250 bits per heavy atom. The molecule has 0 saturated carbocycles. The number of hydrogen-bond acceptors (Lipinski definition) is 15. The lowest BCUT2D eigenvalue weighted by Crippen LogP contribution is -2.30. The maximum absolute atomic E-state index is 13.2. The molecular weight excluding hydrogens is 1400 g/mol. The summed E-state index contributed by atoms with van der Waals surface area (Å²) < 4.78 is 69.0. The Labute approximate surface area is 664 Å². The fraction of sp³-hybridized carbons (Fsp3) is 0.955. The summed E-state index contributed by atoms with van der Waals surface area (Å²) in [6.45, 7) is 12.0. The molecule has 2 unspecified atom stereocenters. The highest BCUT2D eigenvalue weighted by molar-refractivity contribution is 7.47. The molecule has 0 radical (unpaired) electrons. The first-order valence-electron chi connectivity index (χ1n) is 45.8. The van der Waals surface area contributed by atoms with Crippen molar-refractivity contribution in [2.45, 2.75) is 491 Å². The summed E-state index contributed by atoms with van der Waals surface area (Å²) in [4.78, 5) is 73.3. The van der Waals surface area contributed by atoms with Gasteiger partial charge in [-0.3, -0.25) is 37.3 Å². The molecule has 0 aliphatic carbocycles. The lowest BCUT2D eigenvalue weighted by atomic mass is 10.0. The third-order valence-corrected chi connectivity index (χ3v) is 22.8. The molecule has 0 heterocycles. The van der Waals surface area contributed by atoms with Crippen molar-refractivity contribution in [3.05, 3.63) is 0 Å². The summed E-state index contributed by atoms with van der Waals surface area (Å²) >= 11 is 0. The van der Waals surface area contributed by atoms with Crippen molar-refractivity contribution < 1.29 is 80.2 Å². The topological polar surface area (TPSA) is 237 Å². The van der Waals surface area contributed by atoms with Gasteiger partial charge in [0.2, 0.25) is 0 Å². The number of carbonyl (C=O) groups is 4. The first-order valence-corrected chi connectivity index (χ1v) is 48.8. The first-order chi connectivity index (χ1) is 52.2. The normalized spacial score (nSPS) is 13.8. The van der Waals surface area contributed by atoms with Gasteiger partial charge in [0.1, 0.15) is 19.3 Å². The average molecular weight is 1580 g/mol. The van der Waals surface area contributed by atoms with Crippen LogP contribution in [0.1, 0.15) is 472 Å². The standard InChI is InChI=1S/C89H174O17P2/c1-8-9-10-11-12-13-14-15-16-17-18-19-20-21-22-27-33-38-43-50-58-65-72-88(93)105-84(76-99-86(91)70-63-56-49-42-37-32-26-24-23-25-30-35-40-46-53-60-67-80(2)3)78-103-107(95,96)101-74-83(90)75-102-108(97,98)104-79-85(77-100-87(92)71-64-57-52-45-48-55-62-69-82(6)7)106-89(94)73-66-59-51-44-39-34-29-28-31-36-41-47-54-61-68-81(4)5/h80-85,90H,8-79H2,1-7H3,(H,95,96)(H,97,98)/t83-,84-,85-/m1/s1. The Morgan fingerprint density at radius 2 is 0.426 bits per heavy atom. The molecule has 0 amide bonds. The number of aliphatic hydroxyl groups is 1. The summed E-state index contributed by atoms with van der Waals surface area (Å²) in [7, 11) is -9.93. The Bertz CT molecular complexity index is 2080. The fourth-order valence-electron chi connectivity index (χ4n) is 13.9. The molecule has 0 saturated heterocycles. The minimum Gasteiger partial charge on any atom is -0.462 e. The zero-order valence-corrected chi connectivity index (χ0v) is 73.1. The highest BCUT2D eigenvalue weighted by atomic mass is 31.2. The molecule has 0 bridgehead atoms. The summed E-state index contributed by atoms with van der Waals surface area (Å²) in [5.74, 6) is 0.209. The van der Waals surface area contributed by atoms with Crippen molar-refractivity contribution in [1.29, 1.82) is 0 Å². The van der Waals surface area contributed by atoms with Crippen LogP contribution in [0.2, 0.25) is 0 Å². The first kappa shape index (κ1) is 106. The molecule has 0 fully saturated rings. The van der Waals surface area contributed by atoms with Gasteiger partial charge in [0.05, 0.1) is 26.4 Å². The van der Waals surface area contributed by atoms with E-state index in [2.05, 4.69) is 48.5 Å². The van der Waals surface area contributed by atoms with E-state index < -0.39 is 97.5 Å². The number of esters is 4. The van der Waals surface area contributed by atoms with Gasteiger partial charge in [0.25, 0.3) is 0 Å². The maximum Gasteiger partial charge on any atom is 0.472 e. The number of aliphatic hydroxyl groups excluding tert-OH is 1. The highest BCUT2D eigenvalue weighted by Crippen LogP contribution is 2.45. The predicted molar refractivity (Wildman–Crippen MR) is 446 cm³/mol. The zero-order chi connectivity index (χ0) is 79.3. The third-order valence-electron chi connectivity index (χ3n) is 20.9. The van der Waals surface area contributed by atoms with E-state index in [1.54, 1.807) is 0 Å². The monoisotopic (exact) mass is 1580 g/mol. The van der Waals surface area contributed by atoms with Crippen molar-refractivity contribution in [3.8, 4) is 0 Å². The molecule has 0 spiro atoms. The second-order valence-electron chi connectivity index (χ2n) is 33.4. The van der Waals surface area contributed by atoms with Crippen LogP contribution in [0.3, 0.4) is 0 Å². The highest BCUT2D eigenvalue weighted by Gasteiger charge is 2.31. The molecule has 17 nitrogen and oxygen atoms in total. The van der Waals surface area contributed by atoms with Crippen molar-refractivity contribution >= 4 is 39.5 Å². The second kappa shape index (κ2) is 78.9. The molecule has 0 aliphatic heterocycles. The SMILES string of the molecule is CCCCCCCCCCCCCCCCCCCCCCCCC(=O)O[C@H](COC(=O)CCCCCCCCCCCCCCCCCCC(C)C)COP(=O)(O)OC[C@@H](O)COP(=O)(O)OC[C@@H](COC(=O)CCCCCCCCCC(C)C)OC(=O)CCCCCCCCCCCCCCCCC(C)C. The van der Waals surface area contributed by atoms with Gasteiger partial charge in [-0.25, -0.2) is 9.13 Å². The third kappa shape index (κ3) is 82.1. The van der Waals surface area contributed by atoms with Gasteiger partial charge >= 0.3 is 39.5 Å². The summed E-state index contributed by atoms with van der Waals surface area (Å²) in [5.41, 5.74) is 0. The van der Waals surface area contributed by atoms with E-state index in [9.17, 15) is 43.2 Å². The number of carbonyl (C=O) groups excluding carboxylic acids is 4. The van der Waals surface area contributed by atoms with E-state index in [4.69, 9.17) is 37.0 Å². The van der Waals surface area contributed by atoms with Crippen molar-refractivity contribution in [1.82, 2.24) is 0 Å². The van der Waals surface area contributed by atoms with E-state index >= 15 is 0 Å². The van der Waals surface area contributed by atoms with Crippen LogP contribution in [0.5, 0.6) is 0 Å². The fourth-order valence-corrected chi connectivity index (χ4v) is 15.5. The molecule has 19 heteroatoms. The molecule has 0 aliphatic rings. The van der Waals surface area contributed by atoms with Crippen LogP contribution in [0.4, 0.5) is 0 Å². The Kier molecular flexibility index (Phi) is 77.5. The van der Waals surface area contributed by atoms with Gasteiger partial charge in [-0.2, -0.15) is 0 Å². The molecule has 5 atom stereocenters. The second-order valence-corrected chi connectivity index (χ2v) is 36.3. The molecule has 0 aromatic carbocycles. The van der Waals surface area contributed by atoms with Gasteiger partial charge < -0.3 is 33.8 Å². The zero-order valence-electron chi connectivity index (χ0n) is 71.3. The largest absolute Gasteiger partial charge is 0.472 e. The van der Waals surface area contributed by atoms with E-state index in [0.717, 1.165) is 108 Å². The molecule has 642 valence electrons. The number of hydrogen-bond donors (Lipinski definition) is 3. The van der Waals surface area contributed by atoms with Crippen LogP contribution in [0.25, 0.3) is 0 Å². The summed E-state index contributed by atoms with van der Waals surface area (Å²) in [5, 5.41) is 10.7. The Hall–Kier alpha value is -1.94. The van der Waals surface area contributed by atoms with Gasteiger partial charge in [-0.1, -0.05) is 421 Å².